The van der Waals surface area contributed by atoms with E-state index in [4.69, 9.17) is 14.2 Å². The lowest BCUT2D eigenvalue weighted by molar-refractivity contribution is -0.914. The summed E-state index contributed by atoms with van der Waals surface area (Å²) in [5.41, 5.74) is 3.32. The first-order valence-corrected chi connectivity index (χ1v) is 8.00. The van der Waals surface area contributed by atoms with Gasteiger partial charge in [-0.3, -0.25) is 4.79 Å². The largest absolute Gasteiger partial charge is 0.492 e. The van der Waals surface area contributed by atoms with E-state index in [1.54, 1.807) is 13.2 Å². The van der Waals surface area contributed by atoms with Crippen LogP contribution in [0.2, 0.25) is 0 Å². The molecule has 0 saturated heterocycles. The van der Waals surface area contributed by atoms with Crippen molar-refractivity contribution in [2.24, 2.45) is 0 Å². The van der Waals surface area contributed by atoms with Crippen molar-refractivity contribution in [3.63, 3.8) is 0 Å². The third kappa shape index (κ3) is 2.93. The van der Waals surface area contributed by atoms with Crippen LogP contribution in [0, 0.1) is 0 Å². The van der Waals surface area contributed by atoms with Gasteiger partial charge in [-0.05, 0) is 31.6 Å². The maximum atomic E-state index is 12.3. The van der Waals surface area contributed by atoms with Gasteiger partial charge in [0.05, 0.1) is 32.7 Å². The van der Waals surface area contributed by atoms with Gasteiger partial charge in [0, 0.05) is 6.42 Å². The average molecular weight is 318 g/mol. The molecule has 0 amide bonds. The molecule has 1 N–H and O–H groups in total. The number of fused-ring (bicyclic) bond motifs is 2. The van der Waals surface area contributed by atoms with Crippen LogP contribution in [0.5, 0.6) is 17.2 Å². The summed E-state index contributed by atoms with van der Waals surface area (Å²) in [6.07, 6.45) is 3.14. The van der Waals surface area contributed by atoms with Gasteiger partial charge >= 0.3 is 0 Å². The Morgan fingerprint density at radius 1 is 1.43 bits per heavy atom. The Morgan fingerprint density at radius 2 is 2.22 bits per heavy atom. The lowest BCUT2D eigenvalue weighted by atomic mass is 9.88. The fourth-order valence-electron chi connectivity index (χ4n) is 3.48. The fraction of sp³-hybridized carbons (Fsp3) is 0.500. The molecule has 5 heteroatoms. The van der Waals surface area contributed by atoms with Crippen LogP contribution in [0.1, 0.15) is 37.4 Å². The number of allylic oxidation sites excluding steroid dienone is 2. The summed E-state index contributed by atoms with van der Waals surface area (Å²) in [6, 6.07) is 2.12. The predicted octanol–water partition coefficient (Wildman–Crippen LogP) is 1.46. The fourth-order valence-corrected chi connectivity index (χ4v) is 3.48. The quantitative estimate of drug-likeness (QED) is 0.854. The van der Waals surface area contributed by atoms with Crippen LogP contribution in [0.15, 0.2) is 17.7 Å². The summed E-state index contributed by atoms with van der Waals surface area (Å²) >= 11 is 0. The Bertz CT molecular complexity index is 661. The lowest BCUT2D eigenvalue weighted by Crippen LogP contribution is -3.10. The zero-order valence-electron chi connectivity index (χ0n) is 14.2. The van der Waals surface area contributed by atoms with Gasteiger partial charge in [-0.15, -0.1) is 0 Å². The molecule has 2 aliphatic heterocycles. The lowest BCUT2D eigenvalue weighted by Gasteiger charge is -2.32. The van der Waals surface area contributed by atoms with E-state index < -0.39 is 0 Å². The standard InChI is InChI=1S/C18H23NO4/c1-11(2)7-13(20)9-14-16-12(5-6-19(14)3)8-15-17(18(16)21-4)23-10-22-15/h7-8,14H,5-6,9-10H2,1-4H3/p+1/t14-/m0/s1. The summed E-state index contributed by atoms with van der Waals surface area (Å²) < 4.78 is 16.8. The van der Waals surface area contributed by atoms with E-state index in [2.05, 4.69) is 7.05 Å². The second kappa shape index (κ2) is 6.24. The Labute approximate surface area is 136 Å². The number of methoxy groups -OCH3 is 1. The Balaban J connectivity index is 2.04. The van der Waals surface area contributed by atoms with Gasteiger partial charge in [0.15, 0.2) is 17.3 Å². The SMILES string of the molecule is COc1c2c(cc3c1[C@H](CC(=O)C=C(C)C)[NH+](C)CC3)OCO2. The summed E-state index contributed by atoms with van der Waals surface area (Å²) in [5.74, 6) is 2.29. The van der Waals surface area contributed by atoms with Crippen molar-refractivity contribution in [3.8, 4) is 17.2 Å². The van der Waals surface area contributed by atoms with Crippen LogP contribution in [-0.4, -0.2) is 33.3 Å². The first-order chi connectivity index (χ1) is 11.0. The maximum Gasteiger partial charge on any atom is 0.231 e. The highest BCUT2D eigenvalue weighted by Gasteiger charge is 2.37. The number of carbonyl (C=O) groups is 1. The number of hydrogen-bond donors (Lipinski definition) is 1. The van der Waals surface area contributed by atoms with Gasteiger partial charge in [-0.25, -0.2) is 0 Å². The number of ketones is 1. The molecule has 1 aromatic carbocycles. The highest BCUT2D eigenvalue weighted by molar-refractivity contribution is 5.90. The molecule has 0 aromatic heterocycles. The molecule has 0 aliphatic carbocycles. The highest BCUT2D eigenvalue weighted by atomic mass is 16.7. The van der Waals surface area contributed by atoms with E-state index in [0.717, 1.165) is 35.6 Å². The van der Waals surface area contributed by atoms with E-state index in [1.807, 2.05) is 19.9 Å². The van der Waals surface area contributed by atoms with E-state index in [-0.39, 0.29) is 18.6 Å². The van der Waals surface area contributed by atoms with Crippen LogP contribution in [0.4, 0.5) is 0 Å². The summed E-state index contributed by atoms with van der Waals surface area (Å²) in [7, 11) is 3.78. The number of ether oxygens (including phenoxy) is 3. The van der Waals surface area contributed by atoms with Crippen molar-refractivity contribution in [2.75, 3.05) is 27.5 Å². The smallest absolute Gasteiger partial charge is 0.231 e. The molecule has 23 heavy (non-hydrogen) atoms. The Morgan fingerprint density at radius 3 is 2.91 bits per heavy atom. The van der Waals surface area contributed by atoms with Crippen molar-refractivity contribution in [1.29, 1.82) is 0 Å². The van der Waals surface area contributed by atoms with Crippen molar-refractivity contribution in [3.05, 3.63) is 28.8 Å². The Hall–Kier alpha value is -2.01. The first kappa shape index (κ1) is 15.9. The molecule has 1 unspecified atom stereocenters. The zero-order chi connectivity index (χ0) is 16.6. The molecule has 0 saturated carbocycles. The maximum absolute atomic E-state index is 12.3. The number of nitrogens with one attached hydrogen (secondary N) is 1. The number of benzene rings is 1. The van der Waals surface area contributed by atoms with E-state index in [9.17, 15) is 4.79 Å². The van der Waals surface area contributed by atoms with Gasteiger partial charge in [0.1, 0.15) is 6.04 Å². The van der Waals surface area contributed by atoms with Gasteiger partial charge in [0.2, 0.25) is 12.5 Å². The van der Waals surface area contributed by atoms with Gasteiger partial charge < -0.3 is 19.1 Å². The molecule has 1 aromatic rings. The third-order valence-electron chi connectivity index (χ3n) is 4.53. The van der Waals surface area contributed by atoms with Crippen molar-refractivity contribution in [1.82, 2.24) is 0 Å². The number of quaternary nitrogens is 1. The summed E-state index contributed by atoms with van der Waals surface area (Å²) in [5, 5.41) is 0. The molecule has 0 bridgehead atoms. The number of hydrogen-bond acceptors (Lipinski definition) is 4. The van der Waals surface area contributed by atoms with Gasteiger partial charge in [-0.2, -0.15) is 0 Å². The van der Waals surface area contributed by atoms with Crippen LogP contribution >= 0.6 is 0 Å². The molecular weight excluding hydrogens is 294 g/mol. The average Bonchev–Trinajstić information content (AvgIpc) is 2.95. The summed E-state index contributed by atoms with van der Waals surface area (Å²) in [6.45, 7) is 5.10. The number of carbonyl (C=O) groups excluding carboxylic acids is 1. The van der Waals surface area contributed by atoms with Gasteiger partial charge in [-0.1, -0.05) is 5.57 Å². The normalized spacial score (nSPS) is 21.6. The third-order valence-corrected chi connectivity index (χ3v) is 4.53. The van der Waals surface area contributed by atoms with E-state index >= 15 is 0 Å². The minimum atomic E-state index is 0.0753. The second-order valence-corrected chi connectivity index (χ2v) is 6.51. The van der Waals surface area contributed by atoms with Crippen LogP contribution < -0.4 is 19.1 Å². The van der Waals surface area contributed by atoms with Crippen LogP contribution in [-0.2, 0) is 11.2 Å². The van der Waals surface area contributed by atoms with Crippen LogP contribution in [0.3, 0.4) is 0 Å². The number of rotatable bonds is 4. The minimum Gasteiger partial charge on any atom is -0.492 e. The molecule has 2 aliphatic rings. The molecule has 124 valence electrons. The molecule has 0 spiro atoms. The molecule has 0 radical (unpaired) electrons. The molecule has 5 nitrogen and oxygen atoms in total. The minimum absolute atomic E-state index is 0.0753. The van der Waals surface area contributed by atoms with Crippen LogP contribution in [0.25, 0.3) is 0 Å². The topological polar surface area (TPSA) is 49.2 Å². The Kier molecular flexibility index (Phi) is 4.31. The molecule has 2 atom stereocenters. The molecular formula is C18H24NO4+. The predicted molar refractivity (Wildman–Crippen MR) is 86.4 cm³/mol. The number of likely N-dealkylation sites (N-methyl/N-ethyl adjacent to an activating group) is 1. The van der Waals surface area contributed by atoms with Crippen molar-refractivity contribution >= 4 is 5.78 Å². The summed E-state index contributed by atoms with van der Waals surface area (Å²) in [4.78, 5) is 13.6. The van der Waals surface area contributed by atoms with E-state index in [0.29, 0.717) is 12.2 Å². The zero-order valence-corrected chi connectivity index (χ0v) is 14.2. The molecule has 0 fully saturated rings. The first-order valence-electron chi connectivity index (χ1n) is 8.00. The van der Waals surface area contributed by atoms with Gasteiger partial charge in [0.25, 0.3) is 0 Å². The molecule has 2 heterocycles. The molecule has 3 rings (SSSR count). The van der Waals surface area contributed by atoms with Crippen molar-refractivity contribution < 1.29 is 23.9 Å². The monoisotopic (exact) mass is 318 g/mol. The highest BCUT2D eigenvalue weighted by Crippen LogP contribution is 2.47. The van der Waals surface area contributed by atoms with Crippen molar-refractivity contribution in [2.45, 2.75) is 32.7 Å². The van der Waals surface area contributed by atoms with E-state index in [1.165, 1.54) is 10.5 Å². The second-order valence-electron chi connectivity index (χ2n) is 6.51.